The lowest BCUT2D eigenvalue weighted by Crippen LogP contribution is -2.48. The molecule has 3 aliphatic rings. The SMILES string of the molecule is CCNC(=O)C(C)(C)[C@@H]1CC2(CCN(C(=O)[C@@H]3CN(C(C)(C)C)C[C@H]3c3ccc(F)cc3F)CC2)c2cc(Cl)c(C)cc21. The van der Waals surface area contributed by atoms with Crippen LogP contribution in [0.25, 0.3) is 0 Å². The molecule has 43 heavy (non-hydrogen) atoms. The van der Waals surface area contributed by atoms with Crippen molar-refractivity contribution < 1.29 is 18.4 Å². The molecule has 2 aliphatic heterocycles. The summed E-state index contributed by atoms with van der Waals surface area (Å²) in [7, 11) is 0. The lowest BCUT2D eigenvalue weighted by atomic mass is 9.69. The Morgan fingerprint density at radius 3 is 2.30 bits per heavy atom. The predicted molar refractivity (Wildman–Crippen MR) is 167 cm³/mol. The number of likely N-dealkylation sites (tertiary alicyclic amines) is 2. The maximum absolute atomic E-state index is 15.0. The summed E-state index contributed by atoms with van der Waals surface area (Å²) in [5, 5.41) is 3.76. The van der Waals surface area contributed by atoms with Crippen LogP contribution in [0.1, 0.15) is 94.9 Å². The van der Waals surface area contributed by atoms with E-state index in [2.05, 4.69) is 43.1 Å². The fourth-order valence-corrected chi connectivity index (χ4v) is 8.00. The second-order valence-corrected chi connectivity index (χ2v) is 15.0. The average molecular weight is 614 g/mol. The van der Waals surface area contributed by atoms with Gasteiger partial charge in [-0.05, 0) is 99.6 Å². The minimum atomic E-state index is -0.614. The molecule has 1 aliphatic carbocycles. The largest absolute Gasteiger partial charge is 0.356 e. The van der Waals surface area contributed by atoms with Crippen LogP contribution in [0.2, 0.25) is 5.02 Å². The minimum absolute atomic E-state index is 0.0354. The van der Waals surface area contributed by atoms with Gasteiger partial charge in [-0.25, -0.2) is 8.78 Å². The number of carbonyl (C=O) groups excluding carboxylic acids is 2. The third kappa shape index (κ3) is 5.72. The first-order valence-corrected chi connectivity index (χ1v) is 16.0. The van der Waals surface area contributed by atoms with Gasteiger partial charge in [0.25, 0.3) is 0 Å². The number of fused-ring (bicyclic) bond motifs is 2. The zero-order valence-corrected chi connectivity index (χ0v) is 27.4. The van der Waals surface area contributed by atoms with Crippen LogP contribution >= 0.6 is 11.6 Å². The third-order valence-corrected chi connectivity index (χ3v) is 11.1. The van der Waals surface area contributed by atoms with Gasteiger partial charge in [0.2, 0.25) is 11.8 Å². The molecule has 5 nitrogen and oxygen atoms in total. The standard InChI is InChI=1S/C35H46ClF2N3O2/c1-8-39-32(43)34(6,7)28-18-35(27-17-29(36)21(2)15-24(27)28)11-13-40(14-12-35)31(42)26-20-41(33(3,4)5)19-25(26)23-10-9-22(37)16-30(23)38/h9-10,15-17,25-26,28H,8,11-14,18-20H2,1-7H3,(H,39,43)/t25-,26+,28+/m0/s1. The van der Waals surface area contributed by atoms with Crippen LogP contribution in [0, 0.1) is 29.9 Å². The van der Waals surface area contributed by atoms with Crippen molar-refractivity contribution in [2.75, 3.05) is 32.7 Å². The van der Waals surface area contributed by atoms with E-state index in [0.29, 0.717) is 38.3 Å². The molecular weight excluding hydrogens is 568 g/mol. The molecule has 0 aromatic heterocycles. The highest BCUT2D eigenvalue weighted by atomic mass is 35.5. The second-order valence-electron chi connectivity index (χ2n) is 14.6. The van der Waals surface area contributed by atoms with E-state index in [1.165, 1.54) is 23.3 Å². The zero-order valence-electron chi connectivity index (χ0n) is 26.6. The molecule has 2 fully saturated rings. The Morgan fingerprint density at radius 1 is 1.02 bits per heavy atom. The van der Waals surface area contributed by atoms with Crippen LogP contribution in [0.15, 0.2) is 30.3 Å². The van der Waals surface area contributed by atoms with Crippen LogP contribution < -0.4 is 5.32 Å². The number of benzene rings is 2. The summed E-state index contributed by atoms with van der Waals surface area (Å²) in [5.41, 5.74) is 2.86. The van der Waals surface area contributed by atoms with Gasteiger partial charge < -0.3 is 10.2 Å². The Balaban J connectivity index is 1.41. The summed E-state index contributed by atoms with van der Waals surface area (Å²) < 4.78 is 28.8. The number of carbonyl (C=O) groups is 2. The average Bonchev–Trinajstić information content (AvgIpc) is 3.50. The summed E-state index contributed by atoms with van der Waals surface area (Å²) in [4.78, 5) is 31.6. The summed E-state index contributed by atoms with van der Waals surface area (Å²) in [5.74, 6) is -1.84. The maximum atomic E-state index is 15.0. The minimum Gasteiger partial charge on any atom is -0.356 e. The Labute approximate surface area is 260 Å². The van der Waals surface area contributed by atoms with Gasteiger partial charge in [-0.1, -0.05) is 37.6 Å². The predicted octanol–water partition coefficient (Wildman–Crippen LogP) is 6.95. The molecular formula is C35H46ClF2N3O2. The second kappa shape index (κ2) is 11.4. The first-order valence-electron chi connectivity index (χ1n) is 15.7. The molecule has 2 aromatic carbocycles. The van der Waals surface area contributed by atoms with Gasteiger partial charge >= 0.3 is 0 Å². The lowest BCUT2D eigenvalue weighted by Gasteiger charge is -2.42. The quantitative estimate of drug-likeness (QED) is 0.397. The van der Waals surface area contributed by atoms with Crippen molar-refractivity contribution >= 4 is 23.4 Å². The van der Waals surface area contributed by atoms with E-state index < -0.39 is 23.0 Å². The molecule has 0 radical (unpaired) electrons. The van der Waals surface area contributed by atoms with Crippen LogP contribution in [-0.2, 0) is 15.0 Å². The fourth-order valence-electron chi connectivity index (χ4n) is 7.83. The molecule has 2 heterocycles. The van der Waals surface area contributed by atoms with Crippen molar-refractivity contribution in [1.82, 2.24) is 15.1 Å². The highest BCUT2D eigenvalue weighted by Crippen LogP contribution is 2.58. The van der Waals surface area contributed by atoms with Crippen molar-refractivity contribution in [3.05, 3.63) is 69.2 Å². The molecule has 3 atom stereocenters. The number of nitrogens with one attached hydrogen (secondary N) is 1. The highest BCUT2D eigenvalue weighted by molar-refractivity contribution is 6.31. The number of hydrogen-bond acceptors (Lipinski definition) is 3. The third-order valence-electron chi connectivity index (χ3n) is 10.6. The van der Waals surface area contributed by atoms with Gasteiger partial charge in [0.05, 0.1) is 11.3 Å². The van der Waals surface area contributed by atoms with Crippen molar-refractivity contribution in [3.63, 3.8) is 0 Å². The van der Waals surface area contributed by atoms with E-state index in [4.69, 9.17) is 11.6 Å². The number of piperidine rings is 1. The lowest BCUT2D eigenvalue weighted by molar-refractivity contribution is -0.137. The Kier molecular flexibility index (Phi) is 8.49. The van der Waals surface area contributed by atoms with Crippen molar-refractivity contribution in [2.24, 2.45) is 11.3 Å². The van der Waals surface area contributed by atoms with E-state index >= 15 is 4.39 Å². The van der Waals surface area contributed by atoms with Gasteiger partial charge in [0, 0.05) is 55.3 Å². The van der Waals surface area contributed by atoms with Crippen LogP contribution in [0.5, 0.6) is 0 Å². The molecule has 0 saturated carbocycles. The van der Waals surface area contributed by atoms with Gasteiger partial charge in [-0.15, -0.1) is 0 Å². The van der Waals surface area contributed by atoms with Gasteiger partial charge in [0.1, 0.15) is 11.6 Å². The van der Waals surface area contributed by atoms with E-state index in [9.17, 15) is 14.0 Å². The normalized spacial score (nSPS) is 24.0. The Bertz CT molecular complexity index is 1410. The molecule has 0 bridgehead atoms. The van der Waals surface area contributed by atoms with Crippen LogP contribution in [0.3, 0.4) is 0 Å². The first-order chi connectivity index (χ1) is 20.1. The van der Waals surface area contributed by atoms with Crippen molar-refractivity contribution in [1.29, 1.82) is 0 Å². The molecule has 2 saturated heterocycles. The van der Waals surface area contributed by atoms with E-state index in [-0.39, 0.29) is 34.6 Å². The molecule has 234 valence electrons. The molecule has 0 unspecified atom stereocenters. The van der Waals surface area contributed by atoms with Gasteiger partial charge in [-0.2, -0.15) is 0 Å². The monoisotopic (exact) mass is 613 g/mol. The molecule has 2 aromatic rings. The van der Waals surface area contributed by atoms with Crippen LogP contribution in [0.4, 0.5) is 8.78 Å². The van der Waals surface area contributed by atoms with E-state index in [1.54, 1.807) is 0 Å². The van der Waals surface area contributed by atoms with Crippen molar-refractivity contribution in [2.45, 2.75) is 90.5 Å². The molecule has 5 rings (SSSR count). The maximum Gasteiger partial charge on any atom is 0.227 e. The smallest absolute Gasteiger partial charge is 0.227 e. The summed E-state index contributed by atoms with van der Waals surface area (Å²) in [6, 6.07) is 7.97. The molecule has 2 amide bonds. The number of rotatable bonds is 5. The van der Waals surface area contributed by atoms with Gasteiger partial charge in [-0.3, -0.25) is 14.5 Å². The number of aryl methyl sites for hydroxylation is 1. The number of nitrogens with zero attached hydrogens (tertiary/aromatic N) is 2. The fraction of sp³-hybridized carbons (Fsp3) is 0.600. The van der Waals surface area contributed by atoms with E-state index in [1.807, 2.05) is 32.6 Å². The highest BCUT2D eigenvalue weighted by Gasteiger charge is 2.53. The Morgan fingerprint density at radius 2 is 1.70 bits per heavy atom. The van der Waals surface area contributed by atoms with Crippen LogP contribution in [-0.4, -0.2) is 59.9 Å². The molecule has 8 heteroatoms. The zero-order chi connectivity index (χ0) is 31.5. The number of hydrogen-bond donors (Lipinski definition) is 1. The molecule has 1 spiro atoms. The van der Waals surface area contributed by atoms with Crippen molar-refractivity contribution in [3.8, 4) is 0 Å². The van der Waals surface area contributed by atoms with Gasteiger partial charge in [0.15, 0.2) is 0 Å². The first kappa shape index (κ1) is 31.9. The van der Waals surface area contributed by atoms with E-state index in [0.717, 1.165) is 35.9 Å². The molecule has 1 N–H and O–H groups in total. The summed E-state index contributed by atoms with van der Waals surface area (Å²) in [6.07, 6.45) is 2.38. The number of amides is 2. The topological polar surface area (TPSA) is 52.7 Å². The summed E-state index contributed by atoms with van der Waals surface area (Å²) in [6.45, 7) is 17.2. The Hall–Kier alpha value is -2.51. The summed E-state index contributed by atoms with van der Waals surface area (Å²) >= 11 is 6.68. The number of halogens is 3.